The first kappa shape index (κ1) is 19.5. The number of hydrogen-bond donors (Lipinski definition) is 3. The van der Waals surface area contributed by atoms with Crippen molar-refractivity contribution in [1.82, 2.24) is 9.97 Å². The lowest BCUT2D eigenvalue weighted by Crippen LogP contribution is -2.41. The number of benzene rings is 1. The lowest BCUT2D eigenvalue weighted by atomic mass is 9.92. The second kappa shape index (κ2) is 7.91. The van der Waals surface area contributed by atoms with Crippen molar-refractivity contribution >= 4 is 35.0 Å². The zero-order valence-corrected chi connectivity index (χ0v) is 15.7. The molecule has 1 aromatic carbocycles. The molecule has 2 aliphatic rings. The van der Waals surface area contributed by atoms with Gasteiger partial charge in [-0.25, -0.2) is 0 Å². The first-order valence-corrected chi connectivity index (χ1v) is 9.25. The van der Waals surface area contributed by atoms with E-state index in [-0.39, 0.29) is 35.1 Å². The quantitative estimate of drug-likeness (QED) is 0.484. The number of para-hydroxylation sites is 2. The molecule has 12 nitrogen and oxygen atoms in total. The maximum atomic E-state index is 12.9. The van der Waals surface area contributed by atoms with Crippen molar-refractivity contribution in [3.05, 3.63) is 50.3 Å². The Bertz CT molecular complexity index is 1080. The molecule has 1 aromatic heterocycles. The molecule has 1 fully saturated rings. The Morgan fingerprint density at radius 1 is 1.27 bits per heavy atom. The van der Waals surface area contributed by atoms with Crippen LogP contribution < -0.4 is 21.1 Å². The average Bonchev–Trinajstić information content (AvgIpc) is 2.73. The summed E-state index contributed by atoms with van der Waals surface area (Å²) in [5.41, 5.74) is -0.845. The van der Waals surface area contributed by atoms with Gasteiger partial charge in [-0.05, 0) is 6.07 Å². The minimum atomic E-state index is -1.14. The van der Waals surface area contributed by atoms with Crippen LogP contribution in [-0.4, -0.2) is 53.0 Å². The predicted molar refractivity (Wildman–Crippen MR) is 106 cm³/mol. The van der Waals surface area contributed by atoms with Crippen LogP contribution in [0.1, 0.15) is 17.9 Å². The highest BCUT2D eigenvalue weighted by molar-refractivity contribution is 6.05. The number of nitrogens with zero attached hydrogens (tertiary/aromatic N) is 3. The number of carbonyl (C=O) groups excluding carboxylic acids is 2. The van der Waals surface area contributed by atoms with Gasteiger partial charge in [0.25, 0.3) is 11.2 Å². The van der Waals surface area contributed by atoms with Gasteiger partial charge >= 0.3 is 0 Å². The Labute approximate surface area is 169 Å². The maximum absolute atomic E-state index is 12.9. The van der Waals surface area contributed by atoms with Gasteiger partial charge in [0.2, 0.25) is 17.8 Å². The van der Waals surface area contributed by atoms with Crippen molar-refractivity contribution in [1.29, 1.82) is 0 Å². The van der Waals surface area contributed by atoms with E-state index in [0.717, 1.165) is 0 Å². The summed E-state index contributed by atoms with van der Waals surface area (Å²) >= 11 is 0. The van der Waals surface area contributed by atoms with E-state index >= 15 is 0 Å². The zero-order chi connectivity index (χ0) is 21.3. The van der Waals surface area contributed by atoms with Crippen molar-refractivity contribution in [2.24, 2.45) is 0 Å². The van der Waals surface area contributed by atoms with Crippen LogP contribution in [0, 0.1) is 10.1 Å². The van der Waals surface area contributed by atoms with E-state index in [1.165, 1.54) is 24.3 Å². The molecule has 0 spiro atoms. The number of ether oxygens (including phenoxy) is 1. The number of aromatic nitrogens is 2. The molecule has 0 unspecified atom stereocenters. The standard InChI is InChI=1S/C18H18N6O6/c25-13-9-10(16(26)19-11-3-1-2-4-12(11)24(28)29)14-15(20-13)21-18(22-17(14)27)23-5-7-30-8-6-23/h1-4,10H,5-9H2,(H,19,26)(H2,20,21,22,25,27)/t10-/m1/s1. The van der Waals surface area contributed by atoms with Crippen LogP contribution in [0.4, 0.5) is 23.1 Å². The number of rotatable bonds is 4. The number of carbonyl (C=O) groups is 2. The molecule has 1 atom stereocenters. The Morgan fingerprint density at radius 3 is 2.73 bits per heavy atom. The normalized spacial score (nSPS) is 18.3. The number of hydrogen-bond acceptors (Lipinski definition) is 8. The van der Waals surface area contributed by atoms with Gasteiger partial charge in [0.05, 0.1) is 29.6 Å². The molecule has 0 bridgehead atoms. The number of aromatic amines is 1. The number of amides is 2. The molecule has 2 aromatic rings. The minimum Gasteiger partial charge on any atom is -0.378 e. The van der Waals surface area contributed by atoms with Crippen LogP contribution >= 0.6 is 0 Å². The van der Waals surface area contributed by atoms with Crippen LogP contribution in [-0.2, 0) is 14.3 Å². The fourth-order valence-electron chi connectivity index (χ4n) is 3.47. The molecule has 30 heavy (non-hydrogen) atoms. The molecular formula is C18H18N6O6. The molecule has 2 aliphatic heterocycles. The van der Waals surface area contributed by atoms with Gasteiger partial charge in [-0.1, -0.05) is 12.1 Å². The summed E-state index contributed by atoms with van der Waals surface area (Å²) in [6.07, 6.45) is -0.277. The van der Waals surface area contributed by atoms with E-state index < -0.39 is 28.2 Å². The van der Waals surface area contributed by atoms with E-state index in [1.807, 2.05) is 4.90 Å². The highest BCUT2D eigenvalue weighted by atomic mass is 16.6. The highest BCUT2D eigenvalue weighted by Gasteiger charge is 2.36. The van der Waals surface area contributed by atoms with Gasteiger partial charge in [0, 0.05) is 25.6 Å². The molecule has 1 saturated heterocycles. The molecule has 0 radical (unpaired) electrons. The molecule has 2 amide bonds. The van der Waals surface area contributed by atoms with Gasteiger partial charge in [-0.3, -0.25) is 29.5 Å². The second-order valence-electron chi connectivity index (χ2n) is 6.82. The fraction of sp³-hybridized carbons (Fsp3) is 0.333. The Hall–Kier alpha value is -3.80. The molecule has 4 rings (SSSR count). The number of H-pyrrole nitrogens is 1. The Morgan fingerprint density at radius 2 is 2.00 bits per heavy atom. The van der Waals surface area contributed by atoms with E-state index in [4.69, 9.17) is 4.74 Å². The third kappa shape index (κ3) is 3.72. The SMILES string of the molecule is O=C1C[C@@H](C(=O)Nc2ccccc2[N+](=O)[O-])c2c(nc(N3CCOCC3)[nH]c2=O)N1. The van der Waals surface area contributed by atoms with Gasteiger partial charge in [-0.15, -0.1) is 0 Å². The van der Waals surface area contributed by atoms with E-state index in [9.17, 15) is 24.5 Å². The first-order valence-electron chi connectivity index (χ1n) is 9.25. The smallest absolute Gasteiger partial charge is 0.292 e. The lowest BCUT2D eigenvalue weighted by Gasteiger charge is -2.29. The first-order chi connectivity index (χ1) is 14.4. The monoisotopic (exact) mass is 414 g/mol. The van der Waals surface area contributed by atoms with E-state index in [0.29, 0.717) is 26.3 Å². The summed E-state index contributed by atoms with van der Waals surface area (Å²) < 4.78 is 5.28. The number of nitrogens with one attached hydrogen (secondary N) is 3. The van der Waals surface area contributed by atoms with Gasteiger partial charge in [0.1, 0.15) is 11.5 Å². The van der Waals surface area contributed by atoms with Crippen LogP contribution in [0.5, 0.6) is 0 Å². The summed E-state index contributed by atoms with van der Waals surface area (Å²) in [4.78, 5) is 57.2. The van der Waals surface area contributed by atoms with Gasteiger partial charge in [0.15, 0.2) is 0 Å². The van der Waals surface area contributed by atoms with Crippen LogP contribution in [0.2, 0.25) is 0 Å². The number of nitro groups is 1. The largest absolute Gasteiger partial charge is 0.378 e. The van der Waals surface area contributed by atoms with Gasteiger partial charge < -0.3 is 20.3 Å². The molecule has 3 heterocycles. The van der Waals surface area contributed by atoms with E-state index in [2.05, 4.69) is 20.6 Å². The predicted octanol–water partition coefficient (Wildman–Crippen LogP) is 0.579. The summed E-state index contributed by atoms with van der Waals surface area (Å²) in [6, 6.07) is 5.63. The van der Waals surface area contributed by atoms with Crippen molar-refractivity contribution in [3.8, 4) is 0 Å². The highest BCUT2D eigenvalue weighted by Crippen LogP contribution is 2.31. The zero-order valence-electron chi connectivity index (χ0n) is 15.7. The Balaban J connectivity index is 1.66. The summed E-state index contributed by atoms with van der Waals surface area (Å²) in [6.45, 7) is 2.01. The van der Waals surface area contributed by atoms with E-state index in [1.54, 1.807) is 0 Å². The molecular weight excluding hydrogens is 396 g/mol. The number of morpholine rings is 1. The number of anilines is 3. The van der Waals surface area contributed by atoms with Crippen molar-refractivity contribution in [2.75, 3.05) is 41.8 Å². The average molecular weight is 414 g/mol. The third-order valence-electron chi connectivity index (χ3n) is 4.92. The molecule has 156 valence electrons. The topological polar surface area (TPSA) is 160 Å². The number of nitro benzene ring substituents is 1. The molecule has 12 heteroatoms. The van der Waals surface area contributed by atoms with Crippen LogP contribution in [0.15, 0.2) is 29.1 Å². The molecule has 0 aliphatic carbocycles. The van der Waals surface area contributed by atoms with Crippen molar-refractivity contribution < 1.29 is 19.2 Å². The lowest BCUT2D eigenvalue weighted by molar-refractivity contribution is -0.383. The summed E-state index contributed by atoms with van der Waals surface area (Å²) in [5.74, 6) is -2.02. The summed E-state index contributed by atoms with van der Waals surface area (Å²) in [7, 11) is 0. The van der Waals surface area contributed by atoms with Crippen LogP contribution in [0.3, 0.4) is 0 Å². The Kier molecular flexibility index (Phi) is 5.14. The maximum Gasteiger partial charge on any atom is 0.292 e. The minimum absolute atomic E-state index is 0.0132. The van der Waals surface area contributed by atoms with Crippen molar-refractivity contribution in [2.45, 2.75) is 12.3 Å². The number of fused-ring (bicyclic) bond motifs is 1. The summed E-state index contributed by atoms with van der Waals surface area (Å²) in [5, 5.41) is 16.2. The van der Waals surface area contributed by atoms with Crippen molar-refractivity contribution in [3.63, 3.8) is 0 Å². The van der Waals surface area contributed by atoms with Gasteiger partial charge in [-0.2, -0.15) is 4.98 Å². The molecule has 3 N–H and O–H groups in total. The third-order valence-corrected chi connectivity index (χ3v) is 4.92. The second-order valence-corrected chi connectivity index (χ2v) is 6.82. The van der Waals surface area contributed by atoms with Crippen LogP contribution in [0.25, 0.3) is 0 Å². The fourth-order valence-corrected chi connectivity index (χ4v) is 3.47. The molecule has 0 saturated carbocycles.